The monoisotopic (exact) mass is 320 g/mol. The molecule has 6 nitrogen and oxygen atoms in total. The van der Waals surface area contributed by atoms with E-state index in [4.69, 9.17) is 0 Å². The molecule has 0 bridgehead atoms. The lowest BCUT2D eigenvalue weighted by Gasteiger charge is -2.17. The number of carbonyl (C=O) groups excluding carboxylic acids is 1. The lowest BCUT2D eigenvalue weighted by Crippen LogP contribution is -2.36. The van der Waals surface area contributed by atoms with Gasteiger partial charge in [-0.3, -0.25) is 9.48 Å². The molecule has 1 aromatic heterocycles. The second-order valence-electron chi connectivity index (χ2n) is 5.28. The van der Waals surface area contributed by atoms with Gasteiger partial charge in [0.25, 0.3) is 0 Å². The highest BCUT2D eigenvalue weighted by Crippen LogP contribution is 2.27. The van der Waals surface area contributed by atoms with Gasteiger partial charge in [-0.05, 0) is 5.56 Å². The minimum atomic E-state index is -4.34. The number of halogens is 3. The summed E-state index contributed by atoms with van der Waals surface area (Å²) in [6, 6.07) is 0. The van der Waals surface area contributed by atoms with Gasteiger partial charge in [0.2, 0.25) is 5.91 Å². The Bertz CT molecular complexity index is 504. The molecule has 2 N–H and O–H groups in total. The molecule has 1 saturated heterocycles. The first-order valence-corrected chi connectivity index (χ1v) is 6.98. The van der Waals surface area contributed by atoms with E-state index in [0.717, 1.165) is 5.56 Å². The van der Waals surface area contributed by atoms with Crippen LogP contribution in [0.5, 0.6) is 0 Å². The molecule has 0 unspecified atom stereocenters. The molecule has 1 fully saturated rings. The number of amides is 1. The molecule has 0 radical (unpaired) electrons. The Hall–Kier alpha value is -1.61. The van der Waals surface area contributed by atoms with Crippen LogP contribution in [0, 0.1) is 5.92 Å². The molecule has 9 heteroatoms. The smallest absolute Gasteiger partial charge is 0.370 e. The number of nitrogens with one attached hydrogen (secondary N) is 2. The standard InChI is InChI=1S/C13H19F3N4O2/c1-20-7-9(4-19-20)10-5-17-6-11(10)12(21)18-2-3-22-8-13(14,15)16/h4,7,10-11,17H,2-3,5-6,8H2,1H3,(H,18,21)/t10-,11+/m1/s1. The van der Waals surface area contributed by atoms with Crippen molar-refractivity contribution in [2.45, 2.75) is 12.1 Å². The van der Waals surface area contributed by atoms with Crippen LogP contribution in [0.1, 0.15) is 11.5 Å². The summed E-state index contributed by atoms with van der Waals surface area (Å²) in [5.74, 6) is -0.425. The predicted molar refractivity (Wildman–Crippen MR) is 72.2 cm³/mol. The Morgan fingerprint density at radius 3 is 2.95 bits per heavy atom. The van der Waals surface area contributed by atoms with Gasteiger partial charge in [-0.15, -0.1) is 0 Å². The topological polar surface area (TPSA) is 68.2 Å². The van der Waals surface area contributed by atoms with Crippen molar-refractivity contribution < 1.29 is 22.7 Å². The minimum Gasteiger partial charge on any atom is -0.370 e. The van der Waals surface area contributed by atoms with E-state index in [0.29, 0.717) is 13.1 Å². The van der Waals surface area contributed by atoms with Gasteiger partial charge in [-0.2, -0.15) is 18.3 Å². The van der Waals surface area contributed by atoms with Gasteiger partial charge >= 0.3 is 6.18 Å². The Morgan fingerprint density at radius 2 is 2.32 bits per heavy atom. The first-order chi connectivity index (χ1) is 10.4. The number of hydrogen-bond donors (Lipinski definition) is 2. The van der Waals surface area contributed by atoms with Crippen LogP contribution < -0.4 is 10.6 Å². The highest BCUT2D eigenvalue weighted by atomic mass is 19.4. The molecule has 0 saturated carbocycles. The summed E-state index contributed by atoms with van der Waals surface area (Å²) in [5, 5.41) is 9.87. The molecule has 0 spiro atoms. The largest absolute Gasteiger partial charge is 0.411 e. The molecule has 1 amide bonds. The number of carbonyl (C=O) groups is 1. The van der Waals surface area contributed by atoms with E-state index < -0.39 is 12.8 Å². The summed E-state index contributed by atoms with van der Waals surface area (Å²) < 4.78 is 41.8. The maximum Gasteiger partial charge on any atom is 0.411 e. The van der Waals surface area contributed by atoms with Gasteiger partial charge in [0.15, 0.2) is 0 Å². The molecule has 1 aliphatic heterocycles. The fraction of sp³-hybridized carbons (Fsp3) is 0.692. The Kier molecular flexibility index (Phi) is 5.41. The molecule has 1 aromatic rings. The van der Waals surface area contributed by atoms with Crippen LogP contribution in [0.15, 0.2) is 12.4 Å². The first kappa shape index (κ1) is 16.8. The van der Waals surface area contributed by atoms with Gasteiger partial charge in [-0.25, -0.2) is 0 Å². The molecule has 0 aromatic carbocycles. The van der Waals surface area contributed by atoms with Crippen molar-refractivity contribution in [1.82, 2.24) is 20.4 Å². The van der Waals surface area contributed by atoms with Crippen molar-refractivity contribution in [2.75, 3.05) is 32.8 Å². The molecule has 22 heavy (non-hydrogen) atoms. The van der Waals surface area contributed by atoms with Crippen LogP contribution in [-0.2, 0) is 16.6 Å². The number of alkyl halides is 3. The number of nitrogens with zero attached hydrogens (tertiary/aromatic N) is 2. The Morgan fingerprint density at radius 1 is 1.55 bits per heavy atom. The summed E-state index contributed by atoms with van der Waals surface area (Å²) >= 11 is 0. The van der Waals surface area contributed by atoms with Crippen LogP contribution in [0.3, 0.4) is 0 Å². The van der Waals surface area contributed by atoms with E-state index >= 15 is 0 Å². The highest BCUT2D eigenvalue weighted by Gasteiger charge is 2.34. The van der Waals surface area contributed by atoms with Crippen molar-refractivity contribution in [2.24, 2.45) is 13.0 Å². The van der Waals surface area contributed by atoms with Crippen LogP contribution in [0.2, 0.25) is 0 Å². The number of aryl methyl sites for hydroxylation is 1. The summed E-state index contributed by atoms with van der Waals surface area (Å²) in [7, 11) is 1.80. The average molecular weight is 320 g/mol. The number of hydrogen-bond acceptors (Lipinski definition) is 4. The highest BCUT2D eigenvalue weighted by molar-refractivity contribution is 5.80. The minimum absolute atomic E-state index is 0.0183. The first-order valence-electron chi connectivity index (χ1n) is 6.98. The maximum atomic E-state index is 12.1. The van der Waals surface area contributed by atoms with Crippen LogP contribution in [0.4, 0.5) is 13.2 Å². The fourth-order valence-corrected chi connectivity index (χ4v) is 2.50. The fourth-order valence-electron chi connectivity index (χ4n) is 2.50. The van der Waals surface area contributed by atoms with Gasteiger partial charge in [0, 0.05) is 38.8 Å². The van der Waals surface area contributed by atoms with Crippen molar-refractivity contribution in [3.8, 4) is 0 Å². The van der Waals surface area contributed by atoms with E-state index in [1.807, 2.05) is 6.20 Å². The second kappa shape index (κ2) is 7.10. The SMILES string of the molecule is Cn1cc([C@H]2CNC[C@@H]2C(=O)NCCOCC(F)(F)F)cn1. The molecule has 2 heterocycles. The van der Waals surface area contributed by atoms with E-state index in [2.05, 4.69) is 20.5 Å². The summed E-state index contributed by atoms with van der Waals surface area (Å²) in [4.78, 5) is 12.1. The van der Waals surface area contributed by atoms with E-state index in [1.54, 1.807) is 17.9 Å². The average Bonchev–Trinajstić information content (AvgIpc) is 3.04. The number of aromatic nitrogens is 2. The second-order valence-corrected chi connectivity index (χ2v) is 5.28. The molecular weight excluding hydrogens is 301 g/mol. The van der Waals surface area contributed by atoms with Gasteiger partial charge < -0.3 is 15.4 Å². The molecule has 2 rings (SSSR count). The Balaban J connectivity index is 1.77. The van der Waals surface area contributed by atoms with Crippen molar-refractivity contribution >= 4 is 5.91 Å². The normalized spacial score (nSPS) is 22.0. The number of ether oxygens (including phenoxy) is 1. The van der Waals surface area contributed by atoms with Gasteiger partial charge in [0.1, 0.15) is 6.61 Å². The van der Waals surface area contributed by atoms with Crippen LogP contribution in [0.25, 0.3) is 0 Å². The molecular formula is C13H19F3N4O2. The molecule has 2 atom stereocenters. The number of rotatable bonds is 6. The third-order valence-corrected chi connectivity index (χ3v) is 3.52. The zero-order valence-electron chi connectivity index (χ0n) is 12.2. The molecule has 1 aliphatic rings. The van der Waals surface area contributed by atoms with Gasteiger partial charge in [-0.1, -0.05) is 0 Å². The van der Waals surface area contributed by atoms with Crippen molar-refractivity contribution in [1.29, 1.82) is 0 Å². The molecule has 0 aliphatic carbocycles. The lowest BCUT2D eigenvalue weighted by atomic mass is 9.90. The Labute approximate surface area is 126 Å². The van der Waals surface area contributed by atoms with Crippen molar-refractivity contribution in [3.63, 3.8) is 0 Å². The van der Waals surface area contributed by atoms with Gasteiger partial charge in [0.05, 0.1) is 18.7 Å². The summed E-state index contributed by atoms with van der Waals surface area (Å²) in [6.45, 7) is -0.191. The van der Waals surface area contributed by atoms with Crippen molar-refractivity contribution in [3.05, 3.63) is 18.0 Å². The van der Waals surface area contributed by atoms with E-state index in [1.165, 1.54) is 0 Å². The summed E-state index contributed by atoms with van der Waals surface area (Å²) in [6.07, 6.45) is -0.750. The lowest BCUT2D eigenvalue weighted by molar-refractivity contribution is -0.173. The predicted octanol–water partition coefficient (Wildman–Crippen LogP) is 0.418. The van der Waals surface area contributed by atoms with E-state index in [9.17, 15) is 18.0 Å². The molecule has 124 valence electrons. The third-order valence-electron chi connectivity index (χ3n) is 3.52. The zero-order chi connectivity index (χ0) is 16.2. The van der Waals surface area contributed by atoms with Crippen LogP contribution >= 0.6 is 0 Å². The quantitative estimate of drug-likeness (QED) is 0.746. The van der Waals surface area contributed by atoms with Crippen LogP contribution in [-0.4, -0.2) is 54.7 Å². The van der Waals surface area contributed by atoms with E-state index in [-0.39, 0.29) is 30.9 Å². The summed E-state index contributed by atoms with van der Waals surface area (Å²) in [5.41, 5.74) is 0.973. The maximum absolute atomic E-state index is 12.1. The zero-order valence-corrected chi connectivity index (χ0v) is 12.2. The third kappa shape index (κ3) is 4.70.